The van der Waals surface area contributed by atoms with Gasteiger partial charge in [-0.25, -0.2) is 8.42 Å². The lowest BCUT2D eigenvalue weighted by atomic mass is 10.1. The van der Waals surface area contributed by atoms with Gasteiger partial charge in [-0.1, -0.05) is 0 Å². The van der Waals surface area contributed by atoms with E-state index in [2.05, 4.69) is 10.6 Å². The van der Waals surface area contributed by atoms with Gasteiger partial charge >= 0.3 is 0 Å². The fraction of sp³-hybridized carbons (Fsp3) is 0.917. The molecule has 1 aliphatic rings. The molecule has 1 aliphatic heterocycles. The van der Waals surface area contributed by atoms with Crippen LogP contribution in [0.4, 0.5) is 0 Å². The Morgan fingerprint density at radius 2 is 1.89 bits per heavy atom. The Kier molecular flexibility index (Phi) is 5.76. The van der Waals surface area contributed by atoms with Gasteiger partial charge in [-0.05, 0) is 26.7 Å². The van der Waals surface area contributed by atoms with Gasteiger partial charge in [-0.15, -0.1) is 0 Å². The van der Waals surface area contributed by atoms with Crippen molar-refractivity contribution in [2.75, 3.05) is 32.6 Å². The highest BCUT2D eigenvalue weighted by atomic mass is 32.2. The predicted octanol–water partition coefficient (Wildman–Crippen LogP) is -0.306. The average Bonchev–Trinajstić information content (AvgIpc) is 2.28. The molecule has 0 saturated carbocycles. The van der Waals surface area contributed by atoms with Crippen molar-refractivity contribution in [3.05, 3.63) is 0 Å². The second-order valence-corrected chi connectivity index (χ2v) is 8.24. The third-order valence-corrected chi connectivity index (χ3v) is 5.58. The van der Waals surface area contributed by atoms with Crippen molar-refractivity contribution in [3.8, 4) is 0 Å². The normalized spacial score (nSPS) is 18.3. The van der Waals surface area contributed by atoms with Gasteiger partial charge in [0, 0.05) is 32.1 Å². The molecule has 1 heterocycles. The summed E-state index contributed by atoms with van der Waals surface area (Å²) in [4.78, 5) is 11.7. The number of hydrogen-bond donors (Lipinski definition) is 2. The molecule has 6 nitrogen and oxygen atoms in total. The molecule has 1 amide bonds. The topological polar surface area (TPSA) is 84.5 Å². The highest BCUT2D eigenvalue weighted by Gasteiger charge is 2.29. The quantitative estimate of drug-likeness (QED) is 0.702. The van der Waals surface area contributed by atoms with E-state index >= 15 is 0 Å². The van der Waals surface area contributed by atoms with E-state index in [-0.39, 0.29) is 25.0 Å². The van der Waals surface area contributed by atoms with Crippen molar-refractivity contribution in [1.82, 2.24) is 10.6 Å². The summed E-state index contributed by atoms with van der Waals surface area (Å²) in [5, 5.41) is 5.81. The van der Waals surface area contributed by atoms with Gasteiger partial charge in [0.15, 0.2) is 9.84 Å². The van der Waals surface area contributed by atoms with E-state index in [1.165, 1.54) is 6.26 Å². The van der Waals surface area contributed by atoms with Crippen LogP contribution in [0.2, 0.25) is 0 Å². The van der Waals surface area contributed by atoms with Crippen LogP contribution in [0, 0.1) is 0 Å². The first-order valence-corrected chi connectivity index (χ1v) is 8.39. The summed E-state index contributed by atoms with van der Waals surface area (Å²) >= 11 is 0. The van der Waals surface area contributed by atoms with Crippen LogP contribution in [0.15, 0.2) is 0 Å². The van der Waals surface area contributed by atoms with Crippen LogP contribution in [-0.2, 0) is 19.4 Å². The Morgan fingerprint density at radius 3 is 2.42 bits per heavy atom. The summed E-state index contributed by atoms with van der Waals surface area (Å²) in [6.07, 6.45) is 2.87. The average molecular weight is 292 g/mol. The van der Waals surface area contributed by atoms with Crippen LogP contribution in [0.25, 0.3) is 0 Å². The highest BCUT2D eigenvalue weighted by Crippen LogP contribution is 2.13. The van der Waals surface area contributed by atoms with Gasteiger partial charge in [0.05, 0.1) is 11.3 Å². The number of hydrogen-bond acceptors (Lipinski definition) is 5. The lowest BCUT2D eigenvalue weighted by molar-refractivity contribution is -0.121. The maximum absolute atomic E-state index is 11.7. The minimum absolute atomic E-state index is 0.101. The maximum atomic E-state index is 11.7. The van der Waals surface area contributed by atoms with Gasteiger partial charge in [-0.2, -0.15) is 0 Å². The standard InChI is InChI=1S/C12H24N2O4S/c1-12(2,19(3,16)17)9-13-8-11(15)14-10-4-6-18-7-5-10/h10,13H,4-9H2,1-3H3,(H,14,15). The van der Waals surface area contributed by atoms with E-state index in [1.807, 2.05) is 0 Å². The molecule has 0 unspecified atom stereocenters. The Labute approximate surface area is 115 Å². The highest BCUT2D eigenvalue weighted by molar-refractivity contribution is 7.92. The third-order valence-electron chi connectivity index (χ3n) is 3.43. The van der Waals surface area contributed by atoms with E-state index in [4.69, 9.17) is 4.74 Å². The monoisotopic (exact) mass is 292 g/mol. The number of nitrogens with one attached hydrogen (secondary N) is 2. The summed E-state index contributed by atoms with van der Waals surface area (Å²) in [7, 11) is -3.14. The molecule has 0 aromatic carbocycles. The molecule has 112 valence electrons. The summed E-state index contributed by atoms with van der Waals surface area (Å²) in [5.74, 6) is -0.101. The second-order valence-electron chi connectivity index (χ2n) is 5.59. The first-order chi connectivity index (χ1) is 8.72. The van der Waals surface area contributed by atoms with E-state index in [9.17, 15) is 13.2 Å². The number of carbonyl (C=O) groups is 1. The maximum Gasteiger partial charge on any atom is 0.234 e. The van der Waals surface area contributed by atoms with Crippen LogP contribution < -0.4 is 10.6 Å². The Bertz CT molecular complexity index is 400. The van der Waals surface area contributed by atoms with Gasteiger partial charge in [-0.3, -0.25) is 4.79 Å². The third kappa shape index (κ3) is 5.46. The first kappa shape index (κ1) is 16.4. The SMILES string of the molecule is CC(C)(CNCC(=O)NC1CCOCC1)S(C)(=O)=O. The van der Waals surface area contributed by atoms with Crippen molar-refractivity contribution >= 4 is 15.7 Å². The zero-order chi connectivity index (χ0) is 14.5. The molecule has 0 spiro atoms. The molecule has 19 heavy (non-hydrogen) atoms. The van der Waals surface area contributed by atoms with Crippen molar-refractivity contribution in [3.63, 3.8) is 0 Å². The summed E-state index contributed by atoms with van der Waals surface area (Å²) in [6, 6.07) is 0.172. The molecule has 1 fully saturated rings. The minimum Gasteiger partial charge on any atom is -0.381 e. The van der Waals surface area contributed by atoms with Crippen LogP contribution >= 0.6 is 0 Å². The number of amides is 1. The number of sulfone groups is 1. The number of ether oxygens (including phenoxy) is 1. The van der Waals surface area contributed by atoms with Crippen LogP contribution in [0.1, 0.15) is 26.7 Å². The first-order valence-electron chi connectivity index (χ1n) is 6.50. The van der Waals surface area contributed by atoms with Gasteiger partial charge in [0.1, 0.15) is 0 Å². The largest absolute Gasteiger partial charge is 0.381 e. The molecular weight excluding hydrogens is 268 g/mol. The zero-order valence-electron chi connectivity index (χ0n) is 11.9. The van der Waals surface area contributed by atoms with E-state index in [1.54, 1.807) is 13.8 Å². The van der Waals surface area contributed by atoms with E-state index in [0.717, 1.165) is 12.8 Å². The molecule has 0 aromatic heterocycles. The summed E-state index contributed by atoms with van der Waals surface area (Å²) in [6.45, 7) is 5.04. The summed E-state index contributed by atoms with van der Waals surface area (Å²) in [5.41, 5.74) is 0. The molecule has 0 bridgehead atoms. The van der Waals surface area contributed by atoms with Gasteiger partial charge in [0.25, 0.3) is 0 Å². The Balaban J connectivity index is 2.27. The lowest BCUT2D eigenvalue weighted by Crippen LogP contribution is -2.47. The van der Waals surface area contributed by atoms with E-state index < -0.39 is 14.6 Å². The van der Waals surface area contributed by atoms with Crippen LogP contribution in [0.5, 0.6) is 0 Å². The molecule has 7 heteroatoms. The Morgan fingerprint density at radius 1 is 1.32 bits per heavy atom. The van der Waals surface area contributed by atoms with Crippen molar-refractivity contribution in [2.24, 2.45) is 0 Å². The molecule has 1 rings (SSSR count). The number of carbonyl (C=O) groups excluding carboxylic acids is 1. The minimum atomic E-state index is -3.14. The molecule has 2 N–H and O–H groups in total. The van der Waals surface area contributed by atoms with Crippen molar-refractivity contribution in [1.29, 1.82) is 0 Å². The second kappa shape index (κ2) is 6.67. The smallest absolute Gasteiger partial charge is 0.234 e. The van der Waals surface area contributed by atoms with Gasteiger partial charge < -0.3 is 15.4 Å². The summed E-state index contributed by atoms with van der Waals surface area (Å²) < 4.78 is 27.3. The number of rotatable bonds is 6. The van der Waals surface area contributed by atoms with Gasteiger partial charge in [0.2, 0.25) is 5.91 Å². The molecule has 0 aliphatic carbocycles. The fourth-order valence-electron chi connectivity index (χ4n) is 1.73. The molecular formula is C12H24N2O4S. The van der Waals surface area contributed by atoms with Crippen LogP contribution in [-0.4, -0.2) is 57.7 Å². The van der Waals surface area contributed by atoms with Crippen molar-refractivity contribution in [2.45, 2.75) is 37.5 Å². The van der Waals surface area contributed by atoms with Crippen LogP contribution in [0.3, 0.4) is 0 Å². The predicted molar refractivity (Wildman–Crippen MR) is 73.8 cm³/mol. The molecule has 1 saturated heterocycles. The molecule has 0 aromatic rings. The lowest BCUT2D eigenvalue weighted by Gasteiger charge is -2.25. The zero-order valence-corrected chi connectivity index (χ0v) is 12.7. The van der Waals surface area contributed by atoms with Crippen molar-refractivity contribution < 1.29 is 17.9 Å². The van der Waals surface area contributed by atoms with E-state index in [0.29, 0.717) is 13.2 Å². The molecule has 0 radical (unpaired) electrons. The molecule has 0 atom stereocenters. The Hall–Kier alpha value is -0.660. The fourth-order valence-corrected chi connectivity index (χ4v) is 2.09.